The molecule has 6 nitrogen and oxygen atoms in total. The van der Waals surface area contributed by atoms with Crippen LogP contribution in [0.25, 0.3) is 5.69 Å². The van der Waals surface area contributed by atoms with Gasteiger partial charge in [0, 0.05) is 36.6 Å². The largest absolute Gasteiger partial charge is 0.370 e. The van der Waals surface area contributed by atoms with Gasteiger partial charge in [0.05, 0.1) is 5.69 Å². The highest BCUT2D eigenvalue weighted by atomic mass is 16.1. The van der Waals surface area contributed by atoms with Gasteiger partial charge >= 0.3 is 0 Å². The first-order chi connectivity index (χ1) is 12.9. The quantitative estimate of drug-likeness (QED) is 0.902. The number of carbonyl (C=O) groups is 1. The van der Waals surface area contributed by atoms with Crippen LogP contribution in [0.15, 0.2) is 24.3 Å². The van der Waals surface area contributed by atoms with E-state index < -0.39 is 5.91 Å². The summed E-state index contributed by atoms with van der Waals surface area (Å²) in [5.74, 6) is -0.495. The highest BCUT2D eigenvalue weighted by molar-refractivity contribution is 5.90. The summed E-state index contributed by atoms with van der Waals surface area (Å²) in [6, 6.07) is 9.63. The molecule has 2 aliphatic rings. The average molecular weight is 367 g/mol. The van der Waals surface area contributed by atoms with Crippen molar-refractivity contribution in [2.75, 3.05) is 24.5 Å². The molecular weight excluding hydrogens is 338 g/mol. The smallest absolute Gasteiger partial charge is 0.269 e. The van der Waals surface area contributed by atoms with Gasteiger partial charge in [-0.2, -0.15) is 5.10 Å². The molecule has 2 aromatic rings. The van der Waals surface area contributed by atoms with E-state index in [2.05, 4.69) is 46.9 Å². The number of aryl methyl sites for hydroxylation is 2. The molecule has 144 valence electrons. The Kier molecular flexibility index (Phi) is 4.68. The molecule has 0 spiro atoms. The summed E-state index contributed by atoms with van der Waals surface area (Å²) in [4.78, 5) is 16.6. The molecule has 2 fully saturated rings. The van der Waals surface area contributed by atoms with Crippen LogP contribution in [0.2, 0.25) is 0 Å². The number of likely N-dealkylation sites (tertiary alicyclic amines) is 1. The Hall–Kier alpha value is -2.34. The van der Waals surface area contributed by atoms with E-state index in [0.29, 0.717) is 11.7 Å². The Morgan fingerprint density at radius 1 is 1.19 bits per heavy atom. The molecular formula is C21H29N5O. The first kappa shape index (κ1) is 18.0. The third kappa shape index (κ3) is 3.34. The fourth-order valence-electron chi connectivity index (χ4n) is 4.66. The Labute approximate surface area is 160 Å². The number of amides is 1. The van der Waals surface area contributed by atoms with Crippen molar-refractivity contribution in [2.45, 2.75) is 52.1 Å². The van der Waals surface area contributed by atoms with Gasteiger partial charge in [0.2, 0.25) is 0 Å². The zero-order valence-electron chi connectivity index (χ0n) is 16.5. The average Bonchev–Trinajstić information content (AvgIpc) is 3.34. The molecule has 0 bridgehead atoms. The Morgan fingerprint density at radius 2 is 2.00 bits per heavy atom. The van der Waals surface area contributed by atoms with E-state index in [1.165, 1.54) is 31.5 Å². The predicted octanol–water partition coefficient (Wildman–Crippen LogP) is 2.65. The van der Waals surface area contributed by atoms with Gasteiger partial charge in [-0.15, -0.1) is 0 Å². The van der Waals surface area contributed by atoms with Crippen LogP contribution in [0.4, 0.5) is 5.69 Å². The Bertz CT molecular complexity index is 858. The van der Waals surface area contributed by atoms with Crippen LogP contribution in [0.5, 0.6) is 0 Å². The van der Waals surface area contributed by atoms with E-state index in [0.717, 1.165) is 36.1 Å². The molecule has 0 radical (unpaired) electrons. The number of aromatic nitrogens is 2. The van der Waals surface area contributed by atoms with E-state index in [1.54, 1.807) is 10.7 Å². The Balaban J connectivity index is 1.53. The van der Waals surface area contributed by atoms with Gasteiger partial charge in [-0.05, 0) is 76.4 Å². The standard InChI is InChI=1S/C21H29N5O/c1-14-11-17(24-10-8-18(13-24)25-9-4-5-15(25)2)6-7-20(14)26-16(3)12-19(23-26)21(22)27/h6-7,11-12,15,18H,4-5,8-10,13H2,1-3H3,(H2,22,27). The van der Waals surface area contributed by atoms with Crippen LogP contribution in [-0.4, -0.2) is 52.3 Å². The molecule has 4 rings (SSSR count). The van der Waals surface area contributed by atoms with Gasteiger partial charge < -0.3 is 10.6 Å². The van der Waals surface area contributed by atoms with E-state index >= 15 is 0 Å². The monoisotopic (exact) mass is 367 g/mol. The second-order valence-electron chi connectivity index (χ2n) is 8.04. The molecule has 0 saturated carbocycles. The zero-order valence-corrected chi connectivity index (χ0v) is 16.5. The van der Waals surface area contributed by atoms with Crippen LogP contribution in [0.3, 0.4) is 0 Å². The third-order valence-corrected chi connectivity index (χ3v) is 6.15. The van der Waals surface area contributed by atoms with E-state index in [9.17, 15) is 4.79 Å². The molecule has 3 heterocycles. The molecule has 2 aliphatic heterocycles. The first-order valence-corrected chi connectivity index (χ1v) is 9.92. The Morgan fingerprint density at radius 3 is 2.63 bits per heavy atom. The maximum Gasteiger partial charge on any atom is 0.269 e. The topological polar surface area (TPSA) is 67.4 Å². The van der Waals surface area contributed by atoms with Crippen LogP contribution >= 0.6 is 0 Å². The van der Waals surface area contributed by atoms with Crippen molar-refractivity contribution in [1.29, 1.82) is 0 Å². The molecule has 6 heteroatoms. The van der Waals surface area contributed by atoms with Gasteiger partial charge in [0.15, 0.2) is 5.69 Å². The lowest BCUT2D eigenvalue weighted by Gasteiger charge is -2.28. The number of rotatable bonds is 4. The van der Waals surface area contributed by atoms with Crippen LogP contribution in [-0.2, 0) is 0 Å². The molecule has 2 saturated heterocycles. The third-order valence-electron chi connectivity index (χ3n) is 6.15. The number of nitrogens with two attached hydrogens (primary N) is 1. The number of benzene rings is 1. The second kappa shape index (κ2) is 7.00. The molecule has 1 amide bonds. The zero-order chi connectivity index (χ0) is 19.1. The van der Waals surface area contributed by atoms with Gasteiger partial charge in [-0.3, -0.25) is 9.69 Å². The maximum atomic E-state index is 11.4. The van der Waals surface area contributed by atoms with Crippen molar-refractivity contribution in [1.82, 2.24) is 14.7 Å². The van der Waals surface area contributed by atoms with E-state index in [4.69, 9.17) is 5.73 Å². The minimum Gasteiger partial charge on any atom is -0.370 e. The number of nitrogens with zero attached hydrogens (tertiary/aromatic N) is 4. The fourth-order valence-corrected chi connectivity index (χ4v) is 4.66. The fraction of sp³-hybridized carbons (Fsp3) is 0.524. The van der Waals surface area contributed by atoms with Crippen molar-refractivity contribution in [3.63, 3.8) is 0 Å². The summed E-state index contributed by atoms with van der Waals surface area (Å²) in [6.45, 7) is 9.86. The van der Waals surface area contributed by atoms with Gasteiger partial charge in [-0.1, -0.05) is 0 Å². The number of primary amides is 1. The lowest BCUT2D eigenvalue weighted by Crippen LogP contribution is -2.39. The van der Waals surface area contributed by atoms with Crippen LogP contribution in [0.1, 0.15) is 47.9 Å². The highest BCUT2D eigenvalue weighted by Gasteiger charge is 2.33. The van der Waals surface area contributed by atoms with Crippen LogP contribution < -0.4 is 10.6 Å². The van der Waals surface area contributed by atoms with Crippen molar-refractivity contribution in [2.24, 2.45) is 5.73 Å². The minimum absolute atomic E-state index is 0.304. The number of anilines is 1. The van der Waals surface area contributed by atoms with E-state index in [1.807, 2.05) is 6.92 Å². The van der Waals surface area contributed by atoms with Crippen LogP contribution in [0, 0.1) is 13.8 Å². The van der Waals surface area contributed by atoms with Gasteiger partial charge in [0.25, 0.3) is 5.91 Å². The summed E-state index contributed by atoms with van der Waals surface area (Å²) < 4.78 is 1.80. The van der Waals surface area contributed by atoms with E-state index in [-0.39, 0.29) is 0 Å². The minimum atomic E-state index is -0.495. The van der Waals surface area contributed by atoms with Crippen molar-refractivity contribution in [3.05, 3.63) is 41.2 Å². The summed E-state index contributed by atoms with van der Waals surface area (Å²) in [6.07, 6.45) is 3.91. The molecule has 2 atom stereocenters. The maximum absolute atomic E-state index is 11.4. The normalized spacial score (nSPS) is 23.3. The predicted molar refractivity (Wildman–Crippen MR) is 108 cm³/mol. The molecule has 27 heavy (non-hydrogen) atoms. The van der Waals surface area contributed by atoms with Crippen molar-refractivity contribution in [3.8, 4) is 5.69 Å². The SMILES string of the molecule is Cc1cc(N2CCC(N3CCCC3C)C2)ccc1-n1nc(C(N)=O)cc1C. The van der Waals surface area contributed by atoms with Gasteiger partial charge in [0.1, 0.15) is 0 Å². The first-order valence-electron chi connectivity index (χ1n) is 9.92. The lowest BCUT2D eigenvalue weighted by molar-refractivity contribution is 0.0995. The lowest BCUT2D eigenvalue weighted by atomic mass is 10.1. The highest BCUT2D eigenvalue weighted by Crippen LogP contribution is 2.30. The molecule has 1 aromatic heterocycles. The van der Waals surface area contributed by atoms with Gasteiger partial charge in [-0.25, -0.2) is 4.68 Å². The molecule has 0 aliphatic carbocycles. The molecule has 2 unspecified atom stereocenters. The summed E-state index contributed by atoms with van der Waals surface area (Å²) in [7, 11) is 0. The summed E-state index contributed by atoms with van der Waals surface area (Å²) in [5, 5.41) is 4.36. The summed E-state index contributed by atoms with van der Waals surface area (Å²) in [5.41, 5.74) is 9.99. The van der Waals surface area contributed by atoms with Crippen molar-refractivity contribution < 1.29 is 4.79 Å². The summed E-state index contributed by atoms with van der Waals surface area (Å²) >= 11 is 0. The number of hydrogen-bond acceptors (Lipinski definition) is 4. The van der Waals surface area contributed by atoms with Crippen molar-refractivity contribution >= 4 is 11.6 Å². The molecule has 2 N–H and O–H groups in total. The second-order valence-corrected chi connectivity index (χ2v) is 8.04. The molecule has 1 aromatic carbocycles. The number of carbonyl (C=O) groups excluding carboxylic acids is 1. The number of hydrogen-bond donors (Lipinski definition) is 1.